The predicted molar refractivity (Wildman–Crippen MR) is 192 cm³/mol. The van der Waals surface area contributed by atoms with Crippen molar-refractivity contribution in [2.45, 2.75) is 97.2 Å². The highest BCUT2D eigenvalue weighted by Crippen LogP contribution is 2.38. The van der Waals surface area contributed by atoms with Crippen LogP contribution in [0.3, 0.4) is 0 Å². The molecule has 1 aromatic rings. The molecule has 1 rings (SSSR count). The van der Waals surface area contributed by atoms with Gasteiger partial charge in [0.2, 0.25) is 0 Å². The molecule has 8 nitrogen and oxygen atoms in total. The van der Waals surface area contributed by atoms with Crippen LogP contribution in [0.25, 0.3) is 0 Å². The molecule has 262 valence electrons. The van der Waals surface area contributed by atoms with Gasteiger partial charge in [-0.3, -0.25) is 9.59 Å². The molecule has 10 heteroatoms. The number of carbonyl (C=O) groups is 2. The molecule has 0 saturated heterocycles. The van der Waals surface area contributed by atoms with E-state index in [1.807, 2.05) is 26.0 Å². The number of ketones is 1. The molecule has 0 aliphatic rings. The molecule has 0 aliphatic carbocycles. The highest BCUT2D eigenvalue weighted by molar-refractivity contribution is 8.77. The fourth-order valence-corrected chi connectivity index (χ4v) is 6.00. The average Bonchev–Trinajstić information content (AvgIpc) is 3.00. The van der Waals surface area contributed by atoms with Crippen molar-refractivity contribution in [1.82, 2.24) is 5.32 Å². The van der Waals surface area contributed by atoms with Crippen LogP contribution >= 0.6 is 21.6 Å². The third kappa shape index (κ3) is 25.4. The molecule has 0 aliphatic heterocycles. The molecule has 1 N–H and O–H groups in total. The maximum Gasteiger partial charge on any atom is 0.251 e. The minimum atomic E-state index is -0.208. The monoisotopic (exact) mass is 681 g/mol. The fourth-order valence-electron chi connectivity index (χ4n) is 3.80. The molecule has 0 heterocycles. The first-order chi connectivity index (χ1) is 22.0. The number of carbonyl (C=O) groups excluding carboxylic acids is 2. The highest BCUT2D eigenvalue weighted by Gasteiger charge is 2.18. The van der Waals surface area contributed by atoms with Gasteiger partial charge in [-0.2, -0.15) is 0 Å². The second-order valence-electron chi connectivity index (χ2n) is 12.7. The Morgan fingerprint density at radius 2 is 1.57 bits per heavy atom. The molecular weight excluding hydrogens is 623 g/mol. The van der Waals surface area contributed by atoms with E-state index >= 15 is 0 Å². The van der Waals surface area contributed by atoms with Gasteiger partial charge in [0.1, 0.15) is 30.2 Å². The summed E-state index contributed by atoms with van der Waals surface area (Å²) in [6, 6.07) is 7.27. The molecule has 1 atom stereocenters. The lowest BCUT2D eigenvalue weighted by atomic mass is 10.1. The molecule has 0 fully saturated rings. The summed E-state index contributed by atoms with van der Waals surface area (Å²) in [6.45, 7) is 19.3. The fraction of sp³-hybridized carbons (Fsp3) is 0.722. The van der Waals surface area contributed by atoms with Crippen molar-refractivity contribution in [2.75, 3.05) is 59.4 Å². The van der Waals surface area contributed by atoms with Gasteiger partial charge < -0.3 is 29.0 Å². The predicted octanol–water partition coefficient (Wildman–Crippen LogP) is 7.59. The first-order valence-corrected chi connectivity index (χ1v) is 18.9. The number of benzene rings is 1. The molecule has 0 radical (unpaired) electrons. The molecule has 46 heavy (non-hydrogen) atoms. The van der Waals surface area contributed by atoms with E-state index in [0.29, 0.717) is 102 Å². The topological polar surface area (TPSA) is 92.3 Å². The zero-order valence-corrected chi connectivity index (χ0v) is 31.0. The summed E-state index contributed by atoms with van der Waals surface area (Å²) in [7, 11) is 3.37. The molecule has 1 aromatic carbocycles. The zero-order valence-electron chi connectivity index (χ0n) is 29.3. The number of hydrogen-bond donors (Lipinski definition) is 1. The maximum absolute atomic E-state index is 12.6. The number of ether oxygens (including phenoxy) is 5. The van der Waals surface area contributed by atoms with E-state index in [-0.39, 0.29) is 21.9 Å². The van der Waals surface area contributed by atoms with Gasteiger partial charge in [0, 0.05) is 48.8 Å². The summed E-state index contributed by atoms with van der Waals surface area (Å²) >= 11 is 0. The number of amides is 1. The largest absolute Gasteiger partial charge is 0.490 e. The van der Waals surface area contributed by atoms with Gasteiger partial charge in [-0.25, -0.2) is 0 Å². The van der Waals surface area contributed by atoms with Crippen molar-refractivity contribution >= 4 is 33.3 Å². The Hall–Kier alpha value is -1.74. The van der Waals surface area contributed by atoms with Crippen LogP contribution < -0.4 is 10.1 Å². The van der Waals surface area contributed by atoms with E-state index in [4.69, 9.17) is 23.7 Å². The Balaban J connectivity index is 2.24. The SMILES string of the molecule is CC(C)C#CCOCCCC(=O)CCCOCCOCCOC(COc1cccc(C(=O)NCCCC(C)C)c1)SSC(C)(C)C. The minimum absolute atomic E-state index is 0.0647. The lowest BCUT2D eigenvalue weighted by Crippen LogP contribution is -2.25. The lowest BCUT2D eigenvalue weighted by Gasteiger charge is -2.22. The first-order valence-electron chi connectivity index (χ1n) is 16.7. The summed E-state index contributed by atoms with van der Waals surface area (Å²) in [4.78, 5) is 24.6. The molecule has 0 bridgehead atoms. The van der Waals surface area contributed by atoms with Gasteiger partial charge in [0.15, 0.2) is 0 Å². The normalized spacial score (nSPS) is 12.2. The van der Waals surface area contributed by atoms with Crippen molar-refractivity contribution in [3.63, 3.8) is 0 Å². The number of rotatable bonds is 26. The molecular formula is C36H59NO7S2. The third-order valence-corrected chi connectivity index (χ3v) is 9.60. The third-order valence-electron chi connectivity index (χ3n) is 6.09. The van der Waals surface area contributed by atoms with Crippen LogP contribution in [0, 0.1) is 23.7 Å². The Labute approximate surface area is 286 Å². The van der Waals surface area contributed by atoms with Crippen LogP contribution in [0.15, 0.2) is 24.3 Å². The van der Waals surface area contributed by atoms with Gasteiger partial charge >= 0.3 is 0 Å². The maximum atomic E-state index is 12.6. The van der Waals surface area contributed by atoms with Crippen molar-refractivity contribution in [3.8, 4) is 17.6 Å². The molecule has 0 spiro atoms. The van der Waals surface area contributed by atoms with Crippen molar-refractivity contribution in [2.24, 2.45) is 11.8 Å². The van der Waals surface area contributed by atoms with E-state index in [2.05, 4.69) is 51.8 Å². The van der Waals surface area contributed by atoms with Gasteiger partial charge in [0.05, 0.1) is 26.4 Å². The van der Waals surface area contributed by atoms with Crippen LogP contribution in [0.4, 0.5) is 0 Å². The Bertz CT molecular complexity index is 1020. The Morgan fingerprint density at radius 1 is 0.891 bits per heavy atom. The van der Waals surface area contributed by atoms with Crippen molar-refractivity contribution in [1.29, 1.82) is 0 Å². The van der Waals surface area contributed by atoms with Gasteiger partial charge in [0.25, 0.3) is 5.91 Å². The Morgan fingerprint density at radius 3 is 2.24 bits per heavy atom. The van der Waals surface area contributed by atoms with Gasteiger partial charge in [-0.15, -0.1) is 0 Å². The summed E-state index contributed by atoms with van der Waals surface area (Å²) < 4.78 is 28.9. The molecule has 0 saturated carbocycles. The van der Waals surface area contributed by atoms with Crippen LogP contribution in [-0.4, -0.2) is 81.3 Å². The van der Waals surface area contributed by atoms with Crippen molar-refractivity contribution in [3.05, 3.63) is 29.8 Å². The molecule has 1 amide bonds. The average molecular weight is 682 g/mol. The van der Waals surface area contributed by atoms with Crippen LogP contribution in [-0.2, 0) is 23.7 Å². The van der Waals surface area contributed by atoms with Crippen LogP contribution in [0.5, 0.6) is 5.75 Å². The van der Waals surface area contributed by atoms with E-state index in [9.17, 15) is 9.59 Å². The summed E-state index contributed by atoms with van der Waals surface area (Å²) in [5.41, 5.74) is 0.378. The zero-order chi connectivity index (χ0) is 34.0. The lowest BCUT2D eigenvalue weighted by molar-refractivity contribution is -0.119. The summed E-state index contributed by atoms with van der Waals surface area (Å²) in [6.07, 6.45) is 4.54. The number of nitrogens with one attached hydrogen (secondary N) is 1. The van der Waals surface area contributed by atoms with Crippen molar-refractivity contribution < 1.29 is 33.3 Å². The van der Waals surface area contributed by atoms with E-state index in [1.54, 1.807) is 33.7 Å². The quantitative estimate of drug-likeness (QED) is 0.0460. The van der Waals surface area contributed by atoms with E-state index < -0.39 is 0 Å². The summed E-state index contributed by atoms with van der Waals surface area (Å²) in [5.74, 6) is 7.78. The number of hydrogen-bond acceptors (Lipinski definition) is 9. The highest BCUT2D eigenvalue weighted by atomic mass is 33.1. The molecule has 1 unspecified atom stereocenters. The Kier molecular flexibility index (Phi) is 24.1. The number of Topliss-reactive ketones (excluding diaryl/α,β-unsaturated/α-hetero) is 1. The smallest absolute Gasteiger partial charge is 0.251 e. The van der Waals surface area contributed by atoms with Gasteiger partial charge in [-0.05, 0) is 49.8 Å². The van der Waals surface area contributed by atoms with E-state index in [0.717, 1.165) is 19.3 Å². The first kappa shape index (κ1) is 42.3. The van der Waals surface area contributed by atoms with Crippen LogP contribution in [0.2, 0.25) is 0 Å². The van der Waals surface area contributed by atoms with E-state index in [1.165, 1.54) is 0 Å². The molecule has 0 aromatic heterocycles. The standard InChI is InChI=1S/C36H59NO7S2/c1-29(2)13-9-19-37-35(39)31-15-8-18-33(27-31)44-28-34(45-46-36(5,6)7)43-26-25-42-24-23-41-22-12-17-32(38)16-11-21-40-20-10-14-30(3)4/h8,15,18,27,29-30,34H,9,11-13,16-17,19-26,28H2,1-7H3,(H,37,39). The minimum Gasteiger partial charge on any atom is -0.490 e. The van der Waals surface area contributed by atoms with Crippen LogP contribution in [0.1, 0.15) is 97.3 Å². The second kappa shape index (κ2) is 26.2. The van der Waals surface area contributed by atoms with Gasteiger partial charge in [-0.1, -0.05) is 88.0 Å². The summed E-state index contributed by atoms with van der Waals surface area (Å²) in [5, 5.41) is 2.99. The second-order valence-corrected chi connectivity index (χ2v) is 15.9.